The van der Waals surface area contributed by atoms with Crippen molar-refractivity contribution in [1.82, 2.24) is 9.80 Å². The third-order valence-electron chi connectivity index (χ3n) is 5.65. The molecular formula is C22H26N2O2. The molecule has 0 bridgehead atoms. The monoisotopic (exact) mass is 350 g/mol. The minimum absolute atomic E-state index is 0.129. The molecule has 1 fully saturated rings. The molecule has 2 heterocycles. The molecule has 1 amide bonds. The Balaban J connectivity index is 1.42. The van der Waals surface area contributed by atoms with Gasteiger partial charge in [-0.1, -0.05) is 54.6 Å². The minimum Gasteiger partial charge on any atom is -0.366 e. The summed E-state index contributed by atoms with van der Waals surface area (Å²) in [5.41, 5.74) is 3.91. The highest BCUT2D eigenvalue weighted by molar-refractivity contribution is 5.81. The number of amides is 1. The van der Waals surface area contributed by atoms with Crippen molar-refractivity contribution in [2.75, 3.05) is 26.2 Å². The van der Waals surface area contributed by atoms with Crippen LogP contribution in [0.15, 0.2) is 54.6 Å². The molecule has 2 aromatic carbocycles. The highest BCUT2D eigenvalue weighted by atomic mass is 16.5. The molecule has 0 saturated carbocycles. The molecule has 2 aliphatic heterocycles. The van der Waals surface area contributed by atoms with Gasteiger partial charge in [0.15, 0.2) is 0 Å². The first kappa shape index (κ1) is 17.3. The number of ether oxygens (including phenoxy) is 1. The van der Waals surface area contributed by atoms with E-state index in [1.165, 1.54) is 16.7 Å². The molecule has 0 aromatic heterocycles. The van der Waals surface area contributed by atoms with E-state index in [0.717, 1.165) is 19.5 Å². The fraction of sp³-hybridized carbons (Fsp3) is 0.409. The van der Waals surface area contributed by atoms with Crippen LogP contribution >= 0.6 is 0 Å². The molecule has 0 spiro atoms. The third-order valence-corrected chi connectivity index (χ3v) is 5.65. The van der Waals surface area contributed by atoms with Crippen LogP contribution in [0, 0.1) is 0 Å². The lowest BCUT2D eigenvalue weighted by molar-refractivity contribution is -0.151. The van der Waals surface area contributed by atoms with Crippen molar-refractivity contribution in [2.24, 2.45) is 0 Å². The summed E-state index contributed by atoms with van der Waals surface area (Å²) in [5, 5.41) is 0. The standard InChI is InChI=1S/C22H26N2O2/c1-17(18-7-3-2-4-8-18)23-13-14-26-21(16-23)22(25)24-12-11-19-9-5-6-10-20(19)15-24/h2-10,17,21H,11-16H2,1H3. The molecule has 2 aromatic rings. The average molecular weight is 350 g/mol. The van der Waals surface area contributed by atoms with Gasteiger partial charge in [-0.05, 0) is 30.0 Å². The van der Waals surface area contributed by atoms with Crippen molar-refractivity contribution in [3.05, 3.63) is 71.3 Å². The topological polar surface area (TPSA) is 32.8 Å². The van der Waals surface area contributed by atoms with E-state index < -0.39 is 0 Å². The van der Waals surface area contributed by atoms with E-state index in [-0.39, 0.29) is 18.1 Å². The zero-order valence-corrected chi connectivity index (χ0v) is 15.3. The van der Waals surface area contributed by atoms with Crippen molar-refractivity contribution < 1.29 is 9.53 Å². The van der Waals surface area contributed by atoms with Crippen LogP contribution in [0.25, 0.3) is 0 Å². The predicted molar refractivity (Wildman–Crippen MR) is 102 cm³/mol. The molecule has 136 valence electrons. The molecule has 0 aliphatic carbocycles. The summed E-state index contributed by atoms with van der Waals surface area (Å²) in [5.74, 6) is 0.129. The normalized spacial score (nSPS) is 21.9. The van der Waals surface area contributed by atoms with Gasteiger partial charge in [-0.15, -0.1) is 0 Å². The lowest BCUT2D eigenvalue weighted by atomic mass is 9.99. The Morgan fingerprint density at radius 2 is 1.77 bits per heavy atom. The van der Waals surface area contributed by atoms with Crippen LogP contribution < -0.4 is 0 Å². The van der Waals surface area contributed by atoms with E-state index in [2.05, 4.69) is 54.3 Å². The van der Waals surface area contributed by atoms with Crippen molar-refractivity contribution >= 4 is 5.91 Å². The predicted octanol–water partition coefficient (Wildman–Crippen LogP) is 3.03. The molecule has 4 heteroatoms. The molecule has 2 atom stereocenters. The van der Waals surface area contributed by atoms with Crippen LogP contribution in [0.1, 0.15) is 29.7 Å². The Kier molecular flexibility index (Phi) is 5.05. The highest BCUT2D eigenvalue weighted by Gasteiger charge is 2.33. The number of hydrogen-bond donors (Lipinski definition) is 0. The lowest BCUT2D eigenvalue weighted by Gasteiger charge is -2.39. The molecule has 26 heavy (non-hydrogen) atoms. The molecule has 0 N–H and O–H groups in total. The van der Waals surface area contributed by atoms with E-state index in [1.54, 1.807) is 0 Å². The van der Waals surface area contributed by atoms with Crippen LogP contribution in [0.5, 0.6) is 0 Å². The van der Waals surface area contributed by atoms with Crippen molar-refractivity contribution in [2.45, 2.75) is 32.0 Å². The SMILES string of the molecule is CC(c1ccccc1)N1CCOC(C(=O)N2CCc3ccccc3C2)C1. The van der Waals surface area contributed by atoms with Gasteiger partial charge in [-0.2, -0.15) is 0 Å². The van der Waals surface area contributed by atoms with Crippen LogP contribution in [0.2, 0.25) is 0 Å². The summed E-state index contributed by atoms with van der Waals surface area (Å²) in [6, 6.07) is 19.2. The smallest absolute Gasteiger partial charge is 0.253 e. The van der Waals surface area contributed by atoms with Gasteiger partial charge in [0.1, 0.15) is 6.10 Å². The van der Waals surface area contributed by atoms with Gasteiger partial charge < -0.3 is 9.64 Å². The van der Waals surface area contributed by atoms with E-state index in [1.807, 2.05) is 17.0 Å². The van der Waals surface area contributed by atoms with Crippen LogP contribution in [0.4, 0.5) is 0 Å². The third kappa shape index (κ3) is 3.53. The Labute approximate surface area is 155 Å². The average Bonchev–Trinajstić information content (AvgIpc) is 2.73. The fourth-order valence-electron chi connectivity index (χ4n) is 4.00. The second-order valence-electron chi connectivity index (χ2n) is 7.22. The van der Waals surface area contributed by atoms with Crippen molar-refractivity contribution in [3.8, 4) is 0 Å². The lowest BCUT2D eigenvalue weighted by Crippen LogP contribution is -2.52. The van der Waals surface area contributed by atoms with Crippen LogP contribution in [-0.4, -0.2) is 48.1 Å². The van der Waals surface area contributed by atoms with Gasteiger partial charge in [-0.3, -0.25) is 9.69 Å². The van der Waals surface area contributed by atoms with E-state index in [4.69, 9.17) is 4.74 Å². The van der Waals surface area contributed by atoms with Gasteiger partial charge in [0.25, 0.3) is 5.91 Å². The number of nitrogens with zero attached hydrogens (tertiary/aromatic N) is 2. The summed E-state index contributed by atoms with van der Waals surface area (Å²) in [4.78, 5) is 17.4. The number of carbonyl (C=O) groups excluding carboxylic acids is 1. The molecule has 1 saturated heterocycles. The van der Waals surface area contributed by atoms with E-state index >= 15 is 0 Å². The van der Waals surface area contributed by atoms with Crippen molar-refractivity contribution in [3.63, 3.8) is 0 Å². The maximum atomic E-state index is 13.0. The van der Waals surface area contributed by atoms with Crippen LogP contribution in [0.3, 0.4) is 0 Å². The van der Waals surface area contributed by atoms with E-state index in [0.29, 0.717) is 19.7 Å². The summed E-state index contributed by atoms with van der Waals surface area (Å²) in [7, 11) is 0. The molecule has 4 nitrogen and oxygen atoms in total. The Bertz CT molecular complexity index is 762. The number of rotatable bonds is 3. The van der Waals surface area contributed by atoms with Gasteiger partial charge >= 0.3 is 0 Å². The molecule has 4 rings (SSSR count). The second kappa shape index (κ2) is 7.60. The highest BCUT2D eigenvalue weighted by Crippen LogP contribution is 2.24. The summed E-state index contributed by atoms with van der Waals surface area (Å²) < 4.78 is 5.86. The van der Waals surface area contributed by atoms with Crippen molar-refractivity contribution in [1.29, 1.82) is 0 Å². The largest absolute Gasteiger partial charge is 0.366 e. The first-order valence-corrected chi connectivity index (χ1v) is 9.48. The molecule has 0 radical (unpaired) electrons. The second-order valence-corrected chi connectivity index (χ2v) is 7.22. The van der Waals surface area contributed by atoms with E-state index in [9.17, 15) is 4.79 Å². The van der Waals surface area contributed by atoms with Gasteiger partial charge in [0, 0.05) is 32.2 Å². The van der Waals surface area contributed by atoms with Gasteiger partial charge in [0.2, 0.25) is 0 Å². The molecular weight excluding hydrogens is 324 g/mol. The van der Waals surface area contributed by atoms with Gasteiger partial charge in [-0.25, -0.2) is 0 Å². The number of carbonyl (C=O) groups is 1. The molecule has 2 aliphatic rings. The number of benzene rings is 2. The number of morpholine rings is 1. The zero-order valence-electron chi connectivity index (χ0n) is 15.3. The molecule has 2 unspecified atom stereocenters. The Hall–Kier alpha value is -2.17. The Morgan fingerprint density at radius 3 is 2.58 bits per heavy atom. The summed E-state index contributed by atoms with van der Waals surface area (Å²) >= 11 is 0. The zero-order chi connectivity index (χ0) is 17.9. The minimum atomic E-state index is -0.361. The summed E-state index contributed by atoms with van der Waals surface area (Å²) in [6.07, 6.45) is 0.568. The summed E-state index contributed by atoms with van der Waals surface area (Å²) in [6.45, 7) is 5.82. The first-order valence-electron chi connectivity index (χ1n) is 9.48. The Morgan fingerprint density at radius 1 is 1.04 bits per heavy atom. The fourth-order valence-corrected chi connectivity index (χ4v) is 4.00. The van der Waals surface area contributed by atoms with Crippen LogP contribution in [-0.2, 0) is 22.5 Å². The number of hydrogen-bond acceptors (Lipinski definition) is 3. The maximum absolute atomic E-state index is 13.0. The van der Waals surface area contributed by atoms with Gasteiger partial charge in [0.05, 0.1) is 6.61 Å². The quantitative estimate of drug-likeness (QED) is 0.853. The first-order chi connectivity index (χ1) is 12.7. The number of fused-ring (bicyclic) bond motifs is 1. The maximum Gasteiger partial charge on any atom is 0.253 e.